The number of carboxylic acid groups (broad SMARTS) is 1. The molecule has 0 bridgehead atoms. The van der Waals surface area contributed by atoms with Crippen molar-refractivity contribution in [1.29, 1.82) is 0 Å². The van der Waals surface area contributed by atoms with Crippen LogP contribution in [0.3, 0.4) is 0 Å². The van der Waals surface area contributed by atoms with E-state index in [-0.39, 0.29) is 5.91 Å². The van der Waals surface area contributed by atoms with E-state index in [4.69, 9.17) is 32.9 Å². The van der Waals surface area contributed by atoms with E-state index >= 15 is 0 Å². The minimum Gasteiger partial charge on any atom is -0.465 e. The Morgan fingerprint density at radius 2 is 1.70 bits per heavy atom. The molecule has 0 unspecified atom stereocenters. The Bertz CT molecular complexity index is 1410. The van der Waals surface area contributed by atoms with Gasteiger partial charge in [0.1, 0.15) is 0 Å². The van der Waals surface area contributed by atoms with Gasteiger partial charge in [-0.25, -0.2) is 19.7 Å². The van der Waals surface area contributed by atoms with Gasteiger partial charge in [0.2, 0.25) is 17.7 Å². The maximum absolute atomic E-state index is 11.3. The number of hydrogen-bond donors (Lipinski definition) is 2. The van der Waals surface area contributed by atoms with Gasteiger partial charge in [-0.05, 0) is 68.1 Å². The number of amides is 2. The predicted molar refractivity (Wildman–Crippen MR) is 165 cm³/mol. The Kier molecular flexibility index (Phi) is 10.2. The van der Waals surface area contributed by atoms with Crippen LogP contribution in [0.5, 0.6) is 11.6 Å². The van der Waals surface area contributed by atoms with Crippen LogP contribution in [-0.4, -0.2) is 87.7 Å². The van der Waals surface area contributed by atoms with Crippen LogP contribution in [0.2, 0.25) is 10.0 Å². The van der Waals surface area contributed by atoms with Gasteiger partial charge in [-0.15, -0.1) is 0 Å². The van der Waals surface area contributed by atoms with Crippen molar-refractivity contribution in [3.05, 3.63) is 58.3 Å². The maximum atomic E-state index is 11.3. The summed E-state index contributed by atoms with van der Waals surface area (Å²) >= 11 is 12.6. The summed E-state index contributed by atoms with van der Waals surface area (Å²) in [7, 11) is 0. The molecule has 43 heavy (non-hydrogen) atoms. The van der Waals surface area contributed by atoms with E-state index in [1.54, 1.807) is 25.4 Å². The van der Waals surface area contributed by atoms with Crippen LogP contribution in [0.25, 0.3) is 11.3 Å². The SMILES string of the molecule is CC(=O)NCC1CCN(Cc2cc(Oc3cnc(N4CCCN(C(=O)O)CC4)nc3)nc(-c3cc(Cl)cc(Cl)c3)c2)CC1. The summed E-state index contributed by atoms with van der Waals surface area (Å²) in [4.78, 5) is 42.1. The molecule has 0 saturated carbocycles. The minimum absolute atomic E-state index is 0.00876. The first-order chi connectivity index (χ1) is 20.7. The number of carbonyl (C=O) groups excluding carboxylic acids is 1. The monoisotopic (exact) mass is 627 g/mol. The fraction of sp³-hybridized carbons (Fsp3) is 0.433. The number of benzene rings is 1. The first kappa shape index (κ1) is 30.8. The van der Waals surface area contributed by atoms with E-state index in [0.717, 1.165) is 43.6 Å². The second-order valence-corrected chi connectivity index (χ2v) is 11.8. The Labute approximate surface area is 260 Å². The fourth-order valence-corrected chi connectivity index (χ4v) is 5.93. The summed E-state index contributed by atoms with van der Waals surface area (Å²) in [6.45, 7) is 6.92. The van der Waals surface area contributed by atoms with Gasteiger partial charge >= 0.3 is 6.09 Å². The molecule has 0 aliphatic carbocycles. The van der Waals surface area contributed by atoms with E-state index in [2.05, 4.69) is 20.2 Å². The molecule has 1 aromatic carbocycles. The van der Waals surface area contributed by atoms with Crippen molar-refractivity contribution < 1.29 is 19.4 Å². The molecule has 0 atom stereocenters. The predicted octanol–water partition coefficient (Wildman–Crippen LogP) is 5.18. The van der Waals surface area contributed by atoms with Gasteiger partial charge in [0.05, 0.1) is 18.1 Å². The number of pyridine rings is 1. The number of hydrogen-bond acceptors (Lipinski definition) is 8. The van der Waals surface area contributed by atoms with Crippen molar-refractivity contribution in [1.82, 2.24) is 30.1 Å². The average molecular weight is 629 g/mol. The number of ether oxygens (including phenoxy) is 1. The number of anilines is 1. The normalized spacial score (nSPS) is 16.5. The van der Waals surface area contributed by atoms with Crippen molar-refractivity contribution in [3.63, 3.8) is 0 Å². The number of carbonyl (C=O) groups is 2. The van der Waals surface area contributed by atoms with Crippen molar-refractivity contribution in [2.45, 2.75) is 32.7 Å². The number of nitrogens with one attached hydrogen (secondary N) is 1. The maximum Gasteiger partial charge on any atom is 0.407 e. The molecule has 13 heteroatoms. The van der Waals surface area contributed by atoms with Gasteiger partial charge in [-0.3, -0.25) is 9.69 Å². The molecule has 2 aromatic heterocycles. The van der Waals surface area contributed by atoms with E-state index < -0.39 is 6.09 Å². The summed E-state index contributed by atoms with van der Waals surface area (Å²) in [5.41, 5.74) is 2.49. The first-order valence-corrected chi connectivity index (χ1v) is 15.1. The van der Waals surface area contributed by atoms with Crippen molar-refractivity contribution >= 4 is 41.2 Å². The summed E-state index contributed by atoms with van der Waals surface area (Å²) in [6.07, 6.45) is 5.03. The zero-order chi connectivity index (χ0) is 30.3. The van der Waals surface area contributed by atoms with Gasteiger partial charge in [0.15, 0.2) is 5.75 Å². The average Bonchev–Trinajstić information content (AvgIpc) is 3.23. The van der Waals surface area contributed by atoms with Crippen LogP contribution in [0.1, 0.15) is 31.7 Å². The number of piperidine rings is 1. The lowest BCUT2D eigenvalue weighted by Crippen LogP contribution is -2.37. The van der Waals surface area contributed by atoms with Crippen LogP contribution >= 0.6 is 23.2 Å². The number of nitrogens with zero attached hydrogens (tertiary/aromatic N) is 6. The second kappa shape index (κ2) is 14.2. The topological polar surface area (TPSA) is 124 Å². The minimum atomic E-state index is -0.910. The van der Waals surface area contributed by atoms with Crippen LogP contribution < -0.4 is 15.0 Å². The van der Waals surface area contributed by atoms with Gasteiger partial charge in [0, 0.05) is 67.9 Å². The number of aromatic nitrogens is 3. The van der Waals surface area contributed by atoms with Gasteiger partial charge in [-0.2, -0.15) is 0 Å². The number of likely N-dealkylation sites (tertiary alicyclic amines) is 1. The summed E-state index contributed by atoms with van der Waals surface area (Å²) in [6, 6.07) is 9.27. The number of halogens is 2. The van der Waals surface area contributed by atoms with Crippen LogP contribution in [0, 0.1) is 5.92 Å². The highest BCUT2D eigenvalue weighted by atomic mass is 35.5. The molecule has 228 valence electrons. The molecule has 2 aliphatic heterocycles. The summed E-state index contributed by atoms with van der Waals surface area (Å²) < 4.78 is 6.15. The molecule has 2 saturated heterocycles. The van der Waals surface area contributed by atoms with Crippen molar-refractivity contribution in [2.24, 2.45) is 5.92 Å². The smallest absolute Gasteiger partial charge is 0.407 e. The zero-order valence-electron chi connectivity index (χ0n) is 24.0. The highest BCUT2D eigenvalue weighted by Gasteiger charge is 2.22. The van der Waals surface area contributed by atoms with Gasteiger partial charge in [0.25, 0.3) is 0 Å². The van der Waals surface area contributed by atoms with Crippen LogP contribution in [0.4, 0.5) is 10.7 Å². The Morgan fingerprint density at radius 3 is 2.37 bits per heavy atom. The Morgan fingerprint density at radius 1 is 0.977 bits per heavy atom. The molecule has 2 fully saturated rings. The van der Waals surface area contributed by atoms with E-state index in [0.29, 0.717) is 78.4 Å². The fourth-order valence-electron chi connectivity index (χ4n) is 5.40. The van der Waals surface area contributed by atoms with Crippen LogP contribution in [-0.2, 0) is 11.3 Å². The zero-order valence-corrected chi connectivity index (χ0v) is 25.5. The van der Waals surface area contributed by atoms with Gasteiger partial charge in [-0.1, -0.05) is 23.2 Å². The summed E-state index contributed by atoms with van der Waals surface area (Å²) in [5, 5.41) is 13.3. The molecule has 11 nitrogen and oxygen atoms in total. The second-order valence-electron chi connectivity index (χ2n) is 10.9. The quantitative estimate of drug-likeness (QED) is 0.348. The van der Waals surface area contributed by atoms with E-state index in [1.165, 1.54) is 4.90 Å². The molecule has 3 aromatic rings. The molecule has 2 aliphatic rings. The third kappa shape index (κ3) is 8.68. The number of rotatable bonds is 8. The third-order valence-corrected chi connectivity index (χ3v) is 8.10. The lowest BCUT2D eigenvalue weighted by atomic mass is 9.96. The molecule has 2 N–H and O–H groups in total. The highest BCUT2D eigenvalue weighted by Crippen LogP contribution is 2.31. The largest absolute Gasteiger partial charge is 0.465 e. The molecule has 2 amide bonds. The third-order valence-electron chi connectivity index (χ3n) is 7.66. The van der Waals surface area contributed by atoms with E-state index in [1.807, 2.05) is 29.2 Å². The van der Waals surface area contributed by atoms with E-state index in [9.17, 15) is 14.7 Å². The van der Waals surface area contributed by atoms with Crippen molar-refractivity contribution in [3.8, 4) is 22.9 Å². The molecule has 4 heterocycles. The Hall–Kier alpha value is -3.67. The van der Waals surface area contributed by atoms with Crippen molar-refractivity contribution in [2.75, 3.05) is 50.7 Å². The molecule has 0 spiro atoms. The first-order valence-electron chi connectivity index (χ1n) is 14.4. The molecule has 5 rings (SSSR count). The lowest BCUT2D eigenvalue weighted by molar-refractivity contribution is -0.119. The molecule has 0 radical (unpaired) electrons. The lowest BCUT2D eigenvalue weighted by Gasteiger charge is -2.32. The Balaban J connectivity index is 1.31. The highest BCUT2D eigenvalue weighted by molar-refractivity contribution is 6.35. The molecular formula is C30H35Cl2N7O4. The molecular weight excluding hydrogens is 593 g/mol. The van der Waals surface area contributed by atoms with Gasteiger partial charge < -0.3 is 25.0 Å². The van der Waals surface area contributed by atoms with Crippen LogP contribution in [0.15, 0.2) is 42.7 Å². The standard InChI is InChI=1S/C30H35Cl2N7O4/c1-20(40)33-16-21-3-7-37(8-4-21)19-22-11-27(23-13-24(31)15-25(32)14-23)36-28(12-22)43-26-17-34-29(35-18-26)38-5-2-6-39(10-9-38)30(41)42/h11-15,17-18,21H,2-10,16,19H2,1H3,(H,33,40)(H,41,42). The summed E-state index contributed by atoms with van der Waals surface area (Å²) in [5.74, 6) is 1.84.